The van der Waals surface area contributed by atoms with Crippen molar-refractivity contribution < 1.29 is 18.0 Å². The van der Waals surface area contributed by atoms with Crippen molar-refractivity contribution in [1.82, 2.24) is 9.88 Å². The Bertz CT molecular complexity index is 1370. The van der Waals surface area contributed by atoms with Gasteiger partial charge in [-0.3, -0.25) is 10.2 Å². The highest BCUT2D eigenvalue weighted by Crippen LogP contribution is 2.35. The number of nitrogens with one attached hydrogen (secondary N) is 3. The number of fused-ring (bicyclic) bond motifs is 1. The van der Waals surface area contributed by atoms with E-state index in [2.05, 4.69) is 10.6 Å². The topological polar surface area (TPSA) is 95.9 Å². The Morgan fingerprint density at radius 2 is 1.74 bits per heavy atom. The number of aromatic nitrogens is 1. The van der Waals surface area contributed by atoms with Crippen LogP contribution in [0.25, 0.3) is 10.9 Å². The number of aryl methyl sites for hydroxylation is 1. The molecule has 0 fully saturated rings. The second-order valence-electron chi connectivity index (χ2n) is 7.80. The predicted molar refractivity (Wildman–Crippen MR) is 126 cm³/mol. The maximum atomic E-state index is 13.2. The van der Waals surface area contributed by atoms with Crippen molar-refractivity contribution in [3.05, 3.63) is 95.2 Å². The zero-order chi connectivity index (χ0) is 24.5. The van der Waals surface area contributed by atoms with Gasteiger partial charge in [0.25, 0.3) is 5.91 Å². The molecule has 3 aromatic carbocycles. The first kappa shape index (κ1) is 22.9. The van der Waals surface area contributed by atoms with E-state index < -0.39 is 11.7 Å². The molecule has 1 aromatic heterocycles. The summed E-state index contributed by atoms with van der Waals surface area (Å²) in [5.41, 5.74) is 7.77. The number of anilines is 2. The summed E-state index contributed by atoms with van der Waals surface area (Å²) in [6, 6.07) is 19.1. The Morgan fingerprint density at radius 1 is 1.03 bits per heavy atom. The van der Waals surface area contributed by atoms with E-state index >= 15 is 0 Å². The number of hydrogen-bond acceptors (Lipinski definition) is 3. The number of nitrogens with zero attached hydrogens (tertiary/aromatic N) is 1. The van der Waals surface area contributed by atoms with Gasteiger partial charge >= 0.3 is 6.18 Å². The molecule has 4 rings (SSSR count). The number of rotatable bonds is 6. The molecule has 174 valence electrons. The van der Waals surface area contributed by atoms with Crippen LogP contribution in [0, 0.1) is 5.41 Å². The molecule has 0 aliphatic carbocycles. The van der Waals surface area contributed by atoms with Gasteiger partial charge in [0.2, 0.25) is 0 Å². The number of amides is 1. The number of hydrogen-bond donors (Lipinski definition) is 4. The fourth-order valence-electron chi connectivity index (χ4n) is 3.77. The molecular weight excluding hydrogens is 443 g/mol. The molecule has 0 saturated heterocycles. The normalized spacial score (nSPS) is 11.4. The van der Waals surface area contributed by atoms with Crippen LogP contribution in [0.2, 0.25) is 0 Å². The van der Waals surface area contributed by atoms with Gasteiger partial charge in [-0.05, 0) is 29.8 Å². The first-order chi connectivity index (χ1) is 16.1. The summed E-state index contributed by atoms with van der Waals surface area (Å²) in [6.45, 7) is 0.224. The molecule has 0 saturated carbocycles. The average molecular weight is 465 g/mol. The van der Waals surface area contributed by atoms with Crippen molar-refractivity contribution in [2.75, 3.05) is 5.32 Å². The number of halogens is 3. The average Bonchev–Trinajstić information content (AvgIpc) is 3.09. The molecule has 0 atom stereocenters. The second kappa shape index (κ2) is 8.93. The molecule has 4 aromatic rings. The van der Waals surface area contributed by atoms with Crippen LogP contribution in [0.1, 0.15) is 27.2 Å². The summed E-state index contributed by atoms with van der Waals surface area (Å²) < 4.78 is 41.3. The Balaban J connectivity index is 1.66. The zero-order valence-electron chi connectivity index (χ0n) is 18.2. The van der Waals surface area contributed by atoms with Gasteiger partial charge in [0, 0.05) is 30.2 Å². The maximum absolute atomic E-state index is 13.2. The lowest BCUT2D eigenvalue weighted by Crippen LogP contribution is -2.25. The Morgan fingerprint density at radius 3 is 2.41 bits per heavy atom. The molecular formula is C25H22F3N5O. The van der Waals surface area contributed by atoms with Crippen molar-refractivity contribution in [2.45, 2.75) is 12.7 Å². The van der Waals surface area contributed by atoms with Crippen molar-refractivity contribution in [1.29, 1.82) is 5.41 Å². The molecule has 0 spiro atoms. The minimum atomic E-state index is -4.48. The monoisotopic (exact) mass is 465 g/mol. The number of carbonyl (C=O) groups excluding carboxylic acids is 1. The van der Waals surface area contributed by atoms with Crippen molar-refractivity contribution in [3.63, 3.8) is 0 Å². The first-order valence-corrected chi connectivity index (χ1v) is 10.4. The van der Waals surface area contributed by atoms with Crippen LogP contribution >= 0.6 is 0 Å². The molecule has 0 radical (unpaired) electrons. The lowest BCUT2D eigenvalue weighted by Gasteiger charge is -2.13. The van der Waals surface area contributed by atoms with Gasteiger partial charge in [0.1, 0.15) is 11.5 Å². The maximum Gasteiger partial charge on any atom is 0.416 e. The van der Waals surface area contributed by atoms with Gasteiger partial charge in [-0.2, -0.15) is 13.2 Å². The van der Waals surface area contributed by atoms with Crippen LogP contribution in [0.5, 0.6) is 0 Å². The van der Waals surface area contributed by atoms with E-state index in [4.69, 9.17) is 11.1 Å². The third-order valence-corrected chi connectivity index (χ3v) is 5.50. The van der Waals surface area contributed by atoms with E-state index in [-0.39, 0.29) is 24.0 Å². The summed E-state index contributed by atoms with van der Waals surface area (Å²) in [5, 5.41) is 14.1. The summed E-state index contributed by atoms with van der Waals surface area (Å²) in [7, 11) is 1.73. The molecule has 34 heavy (non-hydrogen) atoms. The van der Waals surface area contributed by atoms with E-state index in [1.165, 1.54) is 12.1 Å². The summed E-state index contributed by atoms with van der Waals surface area (Å²) in [4.78, 5) is 13.2. The second-order valence-corrected chi connectivity index (χ2v) is 7.80. The highest BCUT2D eigenvalue weighted by atomic mass is 19.4. The van der Waals surface area contributed by atoms with Crippen molar-refractivity contribution in [3.8, 4) is 0 Å². The largest absolute Gasteiger partial charge is 0.416 e. The number of amidine groups is 1. The minimum Gasteiger partial charge on any atom is -0.384 e. The Hall–Kier alpha value is -4.27. The van der Waals surface area contributed by atoms with Crippen LogP contribution in [0.3, 0.4) is 0 Å². The number of nitrogens with two attached hydrogens (primary N) is 1. The van der Waals surface area contributed by atoms with Crippen LogP contribution in [0.15, 0.2) is 72.8 Å². The summed E-state index contributed by atoms with van der Waals surface area (Å²) in [5.74, 6) is -0.430. The smallest absolute Gasteiger partial charge is 0.384 e. The molecule has 0 unspecified atom stereocenters. The molecule has 0 bridgehead atoms. The van der Waals surface area contributed by atoms with Gasteiger partial charge in [-0.15, -0.1) is 0 Å². The molecule has 9 heteroatoms. The Labute approximate surface area is 193 Å². The van der Waals surface area contributed by atoms with E-state index in [1.807, 2.05) is 18.2 Å². The van der Waals surface area contributed by atoms with E-state index in [9.17, 15) is 18.0 Å². The summed E-state index contributed by atoms with van der Waals surface area (Å²) >= 11 is 0. The lowest BCUT2D eigenvalue weighted by atomic mass is 10.1. The molecule has 0 aliphatic rings. The Kier molecular flexibility index (Phi) is 6.02. The number of benzene rings is 3. The third kappa shape index (κ3) is 4.59. The molecule has 0 aliphatic heterocycles. The summed E-state index contributed by atoms with van der Waals surface area (Å²) in [6.07, 6.45) is -4.48. The van der Waals surface area contributed by atoms with E-state index in [0.717, 1.165) is 23.2 Å². The fourth-order valence-corrected chi connectivity index (χ4v) is 3.77. The highest BCUT2D eigenvalue weighted by Gasteiger charge is 2.30. The number of nitrogen functional groups attached to an aromatic ring is 1. The number of para-hydroxylation sites is 1. The molecule has 1 heterocycles. The SMILES string of the molecule is Cn1c(C(=O)NCc2ccc(C(=N)N)cc2)c(Nc2cccc(C(F)(F)F)c2)c2ccccc21. The fraction of sp³-hybridized carbons (Fsp3) is 0.120. The van der Waals surface area contributed by atoms with Crippen LogP contribution < -0.4 is 16.4 Å². The van der Waals surface area contributed by atoms with E-state index in [1.54, 1.807) is 41.9 Å². The number of alkyl halides is 3. The van der Waals surface area contributed by atoms with Gasteiger partial charge in [-0.25, -0.2) is 0 Å². The first-order valence-electron chi connectivity index (χ1n) is 10.4. The third-order valence-electron chi connectivity index (χ3n) is 5.50. The predicted octanol–water partition coefficient (Wildman–Crippen LogP) is 5.15. The molecule has 6 nitrogen and oxygen atoms in total. The lowest BCUT2D eigenvalue weighted by molar-refractivity contribution is -0.137. The zero-order valence-corrected chi connectivity index (χ0v) is 18.2. The van der Waals surface area contributed by atoms with Crippen molar-refractivity contribution >= 4 is 34.0 Å². The quantitative estimate of drug-likeness (QED) is 0.234. The van der Waals surface area contributed by atoms with Gasteiger partial charge in [-0.1, -0.05) is 48.5 Å². The van der Waals surface area contributed by atoms with Crippen LogP contribution in [-0.4, -0.2) is 16.3 Å². The molecule has 1 amide bonds. The van der Waals surface area contributed by atoms with Gasteiger partial charge in [0.15, 0.2) is 0 Å². The standard InChI is InChI=1S/C25H22F3N5O/c1-33-20-8-3-2-7-19(20)21(32-18-6-4-5-17(13-18)25(26,27)28)22(33)24(34)31-14-15-9-11-16(12-10-15)23(29)30/h2-13,32H,14H2,1H3,(H3,29,30)(H,31,34). The molecule has 5 N–H and O–H groups in total. The van der Waals surface area contributed by atoms with Crippen LogP contribution in [0.4, 0.5) is 24.5 Å². The van der Waals surface area contributed by atoms with E-state index in [0.29, 0.717) is 22.3 Å². The highest BCUT2D eigenvalue weighted by molar-refractivity contribution is 6.09. The van der Waals surface area contributed by atoms with Crippen LogP contribution in [-0.2, 0) is 19.8 Å². The van der Waals surface area contributed by atoms with Gasteiger partial charge < -0.3 is 20.9 Å². The van der Waals surface area contributed by atoms with Crippen molar-refractivity contribution in [2.24, 2.45) is 12.8 Å². The minimum absolute atomic E-state index is 0.0450. The van der Waals surface area contributed by atoms with Gasteiger partial charge in [0.05, 0.1) is 16.8 Å². The number of carbonyl (C=O) groups is 1.